The fourth-order valence-electron chi connectivity index (χ4n) is 6.25. The van der Waals surface area contributed by atoms with E-state index in [0.29, 0.717) is 12.8 Å². The van der Waals surface area contributed by atoms with Crippen molar-refractivity contribution < 1.29 is 52.8 Å². The van der Waals surface area contributed by atoms with Gasteiger partial charge in [0.15, 0.2) is 12.2 Å². The number of esters is 3. The predicted octanol–water partition coefficient (Wildman–Crippen LogP) is 2.75. The first-order valence-electron chi connectivity index (χ1n) is 15.6. The number of ether oxygens (including phenoxy) is 5. The minimum atomic E-state index is -1.18. The lowest BCUT2D eigenvalue weighted by Gasteiger charge is -2.45. The Morgan fingerprint density at radius 3 is 1.94 bits per heavy atom. The molecule has 3 N–H and O–H groups in total. The summed E-state index contributed by atoms with van der Waals surface area (Å²) >= 11 is 0. The van der Waals surface area contributed by atoms with Gasteiger partial charge in [-0.1, -0.05) is 48.5 Å². The number of hydrogen-bond acceptors (Lipinski definition) is 11. The third-order valence-corrected chi connectivity index (χ3v) is 8.15. The van der Waals surface area contributed by atoms with Crippen molar-refractivity contribution in [2.75, 3.05) is 19.8 Å². The van der Waals surface area contributed by atoms with E-state index in [0.717, 1.165) is 22.3 Å². The van der Waals surface area contributed by atoms with Crippen LogP contribution in [0.15, 0.2) is 48.5 Å². The minimum Gasteiger partial charge on any atom is -0.463 e. The third kappa shape index (κ3) is 9.29. The van der Waals surface area contributed by atoms with Crippen LogP contribution in [0.4, 0.5) is 4.79 Å². The number of aliphatic hydroxyl groups excluding tert-OH is 1. The Hall–Kier alpha value is -4.49. The summed E-state index contributed by atoms with van der Waals surface area (Å²) in [7, 11) is 0. The van der Waals surface area contributed by atoms with E-state index in [9.17, 15) is 29.1 Å². The number of hydrogen-bond donors (Lipinski definition) is 3. The van der Waals surface area contributed by atoms with Gasteiger partial charge in [-0.25, -0.2) is 4.79 Å². The Kier molecular flexibility index (Phi) is 12.3. The van der Waals surface area contributed by atoms with Gasteiger partial charge in [-0.05, 0) is 41.5 Å². The SMILES string of the molecule is CC(=O)N[C@@H]1[C@@H](OC(C)=O)[C@H](OC(C)=O)[C@@H](COC(C)=O)O[C@H]1CCC[C@@H](CO)NC(=O)OCC1c2ccccc2-c2ccccc21. The topological polar surface area (TPSA) is 176 Å². The maximum Gasteiger partial charge on any atom is 0.407 e. The molecular formula is C34H42N2O11. The summed E-state index contributed by atoms with van der Waals surface area (Å²) in [6.07, 6.45) is -3.80. The molecule has 0 spiro atoms. The van der Waals surface area contributed by atoms with Crippen molar-refractivity contribution in [1.29, 1.82) is 0 Å². The van der Waals surface area contributed by atoms with E-state index in [1.807, 2.05) is 48.5 Å². The van der Waals surface area contributed by atoms with Crippen LogP contribution in [0.5, 0.6) is 0 Å². The van der Waals surface area contributed by atoms with E-state index in [1.54, 1.807) is 0 Å². The van der Waals surface area contributed by atoms with Crippen LogP contribution >= 0.6 is 0 Å². The second-order valence-electron chi connectivity index (χ2n) is 11.7. The highest BCUT2D eigenvalue weighted by molar-refractivity contribution is 5.79. The smallest absolute Gasteiger partial charge is 0.407 e. The molecule has 13 nitrogen and oxygen atoms in total. The first-order chi connectivity index (χ1) is 22.5. The summed E-state index contributed by atoms with van der Waals surface area (Å²) < 4.78 is 27.9. The second-order valence-corrected chi connectivity index (χ2v) is 11.7. The van der Waals surface area contributed by atoms with Crippen molar-refractivity contribution in [3.8, 4) is 11.1 Å². The van der Waals surface area contributed by atoms with Crippen LogP contribution in [0.3, 0.4) is 0 Å². The summed E-state index contributed by atoms with van der Waals surface area (Å²) in [5.41, 5.74) is 4.38. The lowest BCUT2D eigenvalue weighted by atomic mass is 9.89. The summed E-state index contributed by atoms with van der Waals surface area (Å²) in [5.74, 6) is -2.51. The first kappa shape index (κ1) is 35.4. The minimum absolute atomic E-state index is 0.115. The van der Waals surface area contributed by atoms with Crippen molar-refractivity contribution in [3.05, 3.63) is 59.7 Å². The molecule has 0 bridgehead atoms. The van der Waals surface area contributed by atoms with Crippen LogP contribution in [0.1, 0.15) is 64.0 Å². The quantitative estimate of drug-likeness (QED) is 0.214. The molecule has 1 fully saturated rings. The van der Waals surface area contributed by atoms with Gasteiger partial charge < -0.3 is 39.4 Å². The zero-order chi connectivity index (χ0) is 34.1. The first-order valence-corrected chi connectivity index (χ1v) is 15.6. The molecule has 4 rings (SSSR count). The molecule has 13 heteroatoms. The molecule has 0 saturated carbocycles. The van der Waals surface area contributed by atoms with Gasteiger partial charge in [-0.3, -0.25) is 19.2 Å². The highest BCUT2D eigenvalue weighted by Gasteiger charge is 2.50. The Morgan fingerprint density at radius 1 is 0.787 bits per heavy atom. The average Bonchev–Trinajstić information content (AvgIpc) is 3.34. The lowest BCUT2D eigenvalue weighted by Crippen LogP contribution is -2.66. The van der Waals surface area contributed by atoms with Gasteiger partial charge in [0.25, 0.3) is 0 Å². The van der Waals surface area contributed by atoms with Crippen LogP contribution < -0.4 is 10.6 Å². The summed E-state index contributed by atoms with van der Waals surface area (Å²) in [6.45, 7) is 4.32. The Balaban J connectivity index is 1.39. The van der Waals surface area contributed by atoms with Crippen molar-refractivity contribution in [1.82, 2.24) is 10.6 Å². The van der Waals surface area contributed by atoms with E-state index in [-0.39, 0.29) is 32.2 Å². The molecule has 1 saturated heterocycles. The number of nitrogens with one attached hydrogen (secondary N) is 2. The lowest BCUT2D eigenvalue weighted by molar-refractivity contribution is -0.224. The van der Waals surface area contributed by atoms with Crippen molar-refractivity contribution in [3.63, 3.8) is 0 Å². The number of carbonyl (C=O) groups excluding carboxylic acids is 5. The number of carbonyl (C=O) groups is 5. The molecule has 2 aromatic carbocycles. The zero-order valence-electron chi connectivity index (χ0n) is 26.9. The Labute approximate surface area is 273 Å². The number of alkyl carbamates (subject to hydrolysis) is 1. The van der Waals surface area contributed by atoms with Gasteiger partial charge in [-0.2, -0.15) is 0 Å². The molecule has 2 aliphatic rings. The van der Waals surface area contributed by atoms with Gasteiger partial charge in [0, 0.05) is 33.6 Å². The van der Waals surface area contributed by atoms with Gasteiger partial charge in [0.1, 0.15) is 19.3 Å². The van der Waals surface area contributed by atoms with Crippen LogP contribution in [0.2, 0.25) is 0 Å². The maximum atomic E-state index is 12.8. The zero-order valence-corrected chi connectivity index (χ0v) is 26.9. The van der Waals surface area contributed by atoms with E-state index in [4.69, 9.17) is 23.7 Å². The molecule has 6 atom stereocenters. The van der Waals surface area contributed by atoms with Crippen molar-refractivity contribution in [2.24, 2.45) is 0 Å². The number of rotatable bonds is 13. The summed E-state index contributed by atoms with van der Waals surface area (Å²) in [4.78, 5) is 60.6. The monoisotopic (exact) mass is 654 g/mol. The molecule has 1 heterocycles. The molecule has 0 aromatic heterocycles. The molecule has 1 aliphatic carbocycles. The number of amides is 2. The summed E-state index contributed by atoms with van der Waals surface area (Å²) in [5, 5.41) is 15.5. The molecule has 47 heavy (non-hydrogen) atoms. The predicted molar refractivity (Wildman–Crippen MR) is 167 cm³/mol. The molecule has 0 unspecified atom stereocenters. The van der Waals surface area contributed by atoms with E-state index < -0.39 is 66.4 Å². The third-order valence-electron chi connectivity index (χ3n) is 8.15. The summed E-state index contributed by atoms with van der Waals surface area (Å²) in [6, 6.07) is 14.4. The second kappa shape index (κ2) is 16.4. The number of benzene rings is 2. The van der Waals surface area contributed by atoms with Gasteiger partial charge in [-0.15, -0.1) is 0 Å². The normalized spacial score (nSPS) is 22.2. The van der Waals surface area contributed by atoms with Crippen LogP contribution in [-0.2, 0) is 42.9 Å². The van der Waals surface area contributed by atoms with Crippen molar-refractivity contribution in [2.45, 2.75) is 89.4 Å². The Morgan fingerprint density at radius 2 is 1.38 bits per heavy atom. The fourth-order valence-corrected chi connectivity index (χ4v) is 6.25. The Bertz CT molecular complexity index is 1400. The van der Waals surface area contributed by atoms with Gasteiger partial charge in [0.2, 0.25) is 5.91 Å². The van der Waals surface area contributed by atoms with E-state index in [1.165, 1.54) is 27.7 Å². The molecule has 1 aliphatic heterocycles. The average molecular weight is 655 g/mol. The standard InChI is InChI=1S/C34H42N2O11/c1-19(38)35-31-29(47-30(18-43-20(2)39)32(45-21(3)40)33(31)46-22(4)41)15-9-10-23(16-37)36-34(42)44-17-28-26-13-7-5-11-24(26)25-12-6-8-14-27(25)28/h5-8,11-14,23,28-33,37H,9-10,15-18H2,1-4H3,(H,35,38)(H,36,42)/t23-,29-,30+,31-,32+,33+/m0/s1. The maximum absolute atomic E-state index is 12.8. The highest BCUT2D eigenvalue weighted by Crippen LogP contribution is 2.44. The fraction of sp³-hybridized carbons (Fsp3) is 0.500. The molecule has 0 radical (unpaired) electrons. The number of aliphatic hydroxyl groups is 1. The molecule has 254 valence electrons. The van der Waals surface area contributed by atoms with Crippen LogP contribution in [0.25, 0.3) is 11.1 Å². The van der Waals surface area contributed by atoms with E-state index >= 15 is 0 Å². The van der Waals surface area contributed by atoms with E-state index in [2.05, 4.69) is 10.6 Å². The largest absolute Gasteiger partial charge is 0.463 e. The van der Waals surface area contributed by atoms with Crippen molar-refractivity contribution >= 4 is 29.9 Å². The van der Waals surface area contributed by atoms with Crippen LogP contribution in [-0.4, -0.2) is 91.3 Å². The number of fused-ring (bicyclic) bond motifs is 3. The van der Waals surface area contributed by atoms with Gasteiger partial charge in [0.05, 0.1) is 24.8 Å². The molecular weight excluding hydrogens is 612 g/mol. The van der Waals surface area contributed by atoms with Crippen LogP contribution in [0, 0.1) is 0 Å². The van der Waals surface area contributed by atoms with Gasteiger partial charge >= 0.3 is 24.0 Å². The molecule has 2 amide bonds. The highest BCUT2D eigenvalue weighted by atomic mass is 16.6. The molecule has 2 aromatic rings.